The fourth-order valence-corrected chi connectivity index (χ4v) is 7.10. The monoisotopic (exact) mass is 554 g/mol. The number of hydrogen-bond acceptors (Lipinski definition) is 4. The number of fused-ring (bicyclic) bond motifs is 14. The van der Waals surface area contributed by atoms with Gasteiger partial charge in [-0.1, -0.05) is 78.9 Å². The van der Waals surface area contributed by atoms with Crippen LogP contribution in [0.25, 0.3) is 44.2 Å². The minimum atomic E-state index is -5.85. The van der Waals surface area contributed by atoms with E-state index in [0.29, 0.717) is 5.56 Å². The molecular formula is C32H17F3O4S. The zero-order valence-electron chi connectivity index (χ0n) is 20.5. The first-order valence-corrected chi connectivity index (χ1v) is 13.9. The van der Waals surface area contributed by atoms with Crippen molar-refractivity contribution in [1.29, 1.82) is 0 Å². The van der Waals surface area contributed by atoms with E-state index in [0.717, 1.165) is 60.9 Å². The second kappa shape index (κ2) is 7.55. The lowest BCUT2D eigenvalue weighted by Gasteiger charge is -2.30. The van der Waals surface area contributed by atoms with E-state index in [4.69, 9.17) is 4.42 Å². The van der Waals surface area contributed by atoms with Gasteiger partial charge < -0.3 is 8.60 Å². The Morgan fingerprint density at radius 3 is 2.08 bits per heavy atom. The van der Waals surface area contributed by atoms with Crippen LogP contribution < -0.4 is 4.18 Å². The van der Waals surface area contributed by atoms with Crippen molar-refractivity contribution in [1.82, 2.24) is 0 Å². The third-order valence-corrected chi connectivity index (χ3v) is 9.03. The Hall–Kier alpha value is -4.56. The molecule has 0 amide bonds. The summed E-state index contributed by atoms with van der Waals surface area (Å²) in [5.74, 6) is -0.399. The summed E-state index contributed by atoms with van der Waals surface area (Å²) in [4.78, 5) is 0. The van der Waals surface area contributed by atoms with Crippen LogP contribution in [-0.2, 0) is 15.5 Å². The lowest BCUT2D eigenvalue weighted by atomic mass is 9.70. The first-order valence-electron chi connectivity index (χ1n) is 12.5. The smallest absolute Gasteiger partial charge is 0.456 e. The zero-order chi connectivity index (χ0) is 27.4. The Labute approximate surface area is 226 Å². The van der Waals surface area contributed by atoms with Crippen LogP contribution in [-0.4, -0.2) is 13.9 Å². The average molecular weight is 555 g/mol. The number of furan rings is 1. The van der Waals surface area contributed by atoms with Gasteiger partial charge in [0.15, 0.2) is 0 Å². The highest BCUT2D eigenvalue weighted by atomic mass is 32.2. The molecule has 0 saturated heterocycles. The predicted molar refractivity (Wildman–Crippen MR) is 146 cm³/mol. The molecule has 5 aromatic carbocycles. The fraction of sp³-hybridized carbons (Fsp3) is 0.0625. The highest BCUT2D eigenvalue weighted by Gasteiger charge is 2.53. The molecule has 0 N–H and O–H groups in total. The Kier molecular flexibility index (Phi) is 4.40. The number of benzene rings is 5. The molecule has 8 heteroatoms. The molecule has 2 aliphatic rings. The van der Waals surface area contributed by atoms with Crippen molar-refractivity contribution in [3.05, 3.63) is 125 Å². The molecule has 1 heterocycles. The number of halogens is 3. The van der Waals surface area contributed by atoms with E-state index >= 15 is 0 Å². The molecule has 0 fully saturated rings. The summed E-state index contributed by atoms with van der Waals surface area (Å²) in [7, 11) is -5.85. The standard InChI is InChI=1S/C32H17F3O4S/c33-32(34,35)40(36,37)39-18-13-14-20-19-7-1-4-10-23(19)31(26(20)17-18)24-11-5-2-8-21(24)29-25(31)15-16-28-30(29)22-9-3-6-12-27(22)38-28/h1-17H. The average Bonchev–Trinajstić information content (AvgIpc) is 3.55. The number of rotatable bonds is 2. The van der Waals surface area contributed by atoms with Gasteiger partial charge in [-0.25, -0.2) is 0 Å². The van der Waals surface area contributed by atoms with E-state index in [-0.39, 0.29) is 0 Å². The van der Waals surface area contributed by atoms with Crippen molar-refractivity contribution in [2.24, 2.45) is 0 Å². The second-order valence-electron chi connectivity index (χ2n) is 9.99. The SMILES string of the molecule is O=S(=O)(Oc1ccc2c(c1)C1(c3ccccc3-2)c2ccccc2-c2c1ccc1oc3ccccc3c21)C(F)(F)F. The molecule has 0 aliphatic heterocycles. The number of hydrogen-bond donors (Lipinski definition) is 0. The second-order valence-corrected chi connectivity index (χ2v) is 11.5. The van der Waals surface area contributed by atoms with E-state index in [2.05, 4.69) is 4.18 Å². The highest BCUT2D eigenvalue weighted by molar-refractivity contribution is 7.88. The van der Waals surface area contributed by atoms with Crippen molar-refractivity contribution in [3.63, 3.8) is 0 Å². The van der Waals surface area contributed by atoms with Crippen molar-refractivity contribution in [2.45, 2.75) is 10.9 Å². The van der Waals surface area contributed by atoms with Crippen molar-refractivity contribution < 1.29 is 30.2 Å². The van der Waals surface area contributed by atoms with Crippen molar-refractivity contribution in [3.8, 4) is 28.0 Å². The lowest BCUT2D eigenvalue weighted by Crippen LogP contribution is -2.28. The van der Waals surface area contributed by atoms with Gasteiger partial charge in [0.2, 0.25) is 0 Å². The molecule has 1 spiro atoms. The van der Waals surface area contributed by atoms with Gasteiger partial charge in [0.05, 0.1) is 5.41 Å². The molecule has 40 heavy (non-hydrogen) atoms. The largest absolute Gasteiger partial charge is 0.534 e. The van der Waals surface area contributed by atoms with Crippen LogP contribution in [0.3, 0.4) is 0 Å². The Morgan fingerprint density at radius 1 is 0.650 bits per heavy atom. The van der Waals surface area contributed by atoms with Gasteiger partial charge in [0.1, 0.15) is 16.9 Å². The summed E-state index contributed by atoms with van der Waals surface area (Å²) in [6.07, 6.45) is 0. The topological polar surface area (TPSA) is 56.5 Å². The Balaban J connectivity index is 1.50. The minimum Gasteiger partial charge on any atom is -0.456 e. The van der Waals surface area contributed by atoms with Crippen LogP contribution in [0, 0.1) is 0 Å². The molecule has 0 bridgehead atoms. The summed E-state index contributed by atoms with van der Waals surface area (Å²) in [5.41, 5.74) is 2.20. The maximum atomic E-state index is 13.2. The normalized spacial score (nSPS) is 17.2. The molecule has 196 valence electrons. The lowest BCUT2D eigenvalue weighted by molar-refractivity contribution is -0.0500. The van der Waals surface area contributed by atoms with Crippen molar-refractivity contribution in [2.75, 3.05) is 0 Å². The summed E-state index contributed by atoms with van der Waals surface area (Å²) in [6.45, 7) is 0. The molecule has 4 nitrogen and oxygen atoms in total. The molecule has 1 unspecified atom stereocenters. The van der Waals surface area contributed by atoms with E-state index in [1.165, 1.54) is 12.1 Å². The van der Waals surface area contributed by atoms with E-state index in [1.807, 2.05) is 84.9 Å². The van der Waals surface area contributed by atoms with Gasteiger partial charge >= 0.3 is 15.6 Å². The molecule has 2 aliphatic carbocycles. The number of alkyl halides is 3. The van der Waals surface area contributed by atoms with Gasteiger partial charge in [-0.2, -0.15) is 21.6 Å². The van der Waals surface area contributed by atoms with Crippen molar-refractivity contribution >= 4 is 32.1 Å². The molecule has 8 rings (SSSR count). The number of para-hydroxylation sites is 1. The third-order valence-electron chi connectivity index (χ3n) is 8.05. The van der Waals surface area contributed by atoms with Crippen LogP contribution in [0.5, 0.6) is 5.75 Å². The van der Waals surface area contributed by atoms with Gasteiger partial charge in [-0.15, -0.1) is 0 Å². The summed E-state index contributed by atoms with van der Waals surface area (Å²) in [5, 5.41) is 1.91. The molecular weight excluding hydrogens is 537 g/mol. The van der Waals surface area contributed by atoms with Gasteiger partial charge in [-0.3, -0.25) is 0 Å². The molecule has 0 saturated carbocycles. The maximum Gasteiger partial charge on any atom is 0.534 e. The first-order chi connectivity index (χ1) is 19.2. The van der Waals surface area contributed by atoms with Crippen LogP contribution in [0.4, 0.5) is 13.2 Å². The summed E-state index contributed by atoms with van der Waals surface area (Å²) < 4.78 is 74.3. The van der Waals surface area contributed by atoms with Crippen LogP contribution in [0.2, 0.25) is 0 Å². The quantitative estimate of drug-likeness (QED) is 0.160. The molecule has 1 atom stereocenters. The third kappa shape index (κ3) is 2.78. The van der Waals surface area contributed by atoms with Crippen LogP contribution >= 0.6 is 0 Å². The van der Waals surface area contributed by atoms with Gasteiger partial charge in [0, 0.05) is 10.8 Å². The highest BCUT2D eigenvalue weighted by Crippen LogP contribution is 2.64. The van der Waals surface area contributed by atoms with Crippen LogP contribution in [0.15, 0.2) is 108 Å². The molecule has 1 aromatic heterocycles. The van der Waals surface area contributed by atoms with Gasteiger partial charge in [-0.05, 0) is 68.8 Å². The van der Waals surface area contributed by atoms with E-state index in [9.17, 15) is 21.6 Å². The zero-order valence-corrected chi connectivity index (χ0v) is 21.3. The van der Waals surface area contributed by atoms with Gasteiger partial charge in [0.25, 0.3) is 0 Å². The van der Waals surface area contributed by atoms with E-state index in [1.54, 1.807) is 6.07 Å². The Morgan fingerprint density at radius 2 is 1.30 bits per heavy atom. The summed E-state index contributed by atoms with van der Waals surface area (Å²) >= 11 is 0. The minimum absolute atomic E-state index is 0.399. The Bertz CT molecular complexity index is 2160. The van der Waals surface area contributed by atoms with E-state index < -0.39 is 26.8 Å². The fourth-order valence-electron chi connectivity index (χ4n) is 6.65. The van der Waals surface area contributed by atoms with Crippen LogP contribution in [0.1, 0.15) is 22.3 Å². The summed E-state index contributed by atoms with van der Waals surface area (Å²) in [6, 6.07) is 31.9. The molecule has 0 radical (unpaired) electrons. The molecule has 6 aromatic rings. The first kappa shape index (κ1) is 23.3. The maximum absolute atomic E-state index is 13.2. The predicted octanol–water partition coefficient (Wildman–Crippen LogP) is 8.16.